The molecule has 1 aliphatic rings. The lowest BCUT2D eigenvalue weighted by Gasteiger charge is -2.35. The van der Waals surface area contributed by atoms with E-state index in [1.807, 2.05) is 6.07 Å². The summed E-state index contributed by atoms with van der Waals surface area (Å²) in [7, 11) is 1.50. The molecule has 0 radical (unpaired) electrons. The quantitative estimate of drug-likeness (QED) is 0.344. The molecule has 1 heterocycles. The fourth-order valence-electron chi connectivity index (χ4n) is 4.89. The molecule has 0 saturated carbocycles. The van der Waals surface area contributed by atoms with Crippen LogP contribution in [0.1, 0.15) is 43.4 Å². The third-order valence-electron chi connectivity index (χ3n) is 6.27. The number of imide groups is 1. The van der Waals surface area contributed by atoms with Crippen LogP contribution >= 0.6 is 0 Å². The van der Waals surface area contributed by atoms with Gasteiger partial charge in [0, 0.05) is 10.5 Å². The Labute approximate surface area is 209 Å². The summed E-state index contributed by atoms with van der Waals surface area (Å²) in [5, 5.41) is 12.0. The Hall–Kier alpha value is -4.20. The first-order chi connectivity index (χ1) is 17.1. The summed E-state index contributed by atoms with van der Waals surface area (Å²) < 4.78 is 11.1. The number of ether oxygens (including phenoxy) is 2. The molecule has 36 heavy (non-hydrogen) atoms. The highest BCUT2D eigenvalue weighted by molar-refractivity contribution is 6.23. The predicted octanol–water partition coefficient (Wildman–Crippen LogP) is 5.32. The highest BCUT2D eigenvalue weighted by atomic mass is 16.6. The van der Waals surface area contributed by atoms with Gasteiger partial charge in [0.1, 0.15) is 16.8 Å². The molecule has 4 rings (SSSR count). The molecule has 3 aromatic rings. The number of hydrogen-bond donors (Lipinski definition) is 0. The monoisotopic (exact) mass is 488 g/mol. The first-order valence-corrected chi connectivity index (χ1v) is 11.6. The Kier molecular flexibility index (Phi) is 6.54. The van der Waals surface area contributed by atoms with Crippen molar-refractivity contribution >= 4 is 17.7 Å². The van der Waals surface area contributed by atoms with Gasteiger partial charge in [-0.3, -0.25) is 14.9 Å². The molecule has 2 atom stereocenters. The Morgan fingerprint density at radius 2 is 1.64 bits per heavy atom. The third-order valence-corrected chi connectivity index (χ3v) is 6.27. The minimum Gasteiger partial charge on any atom is -0.497 e. The lowest BCUT2D eigenvalue weighted by atomic mass is 9.64. The van der Waals surface area contributed by atoms with Crippen LogP contribution in [0.2, 0.25) is 0 Å². The molecular weight excluding hydrogens is 460 g/mol. The average molecular weight is 489 g/mol. The number of fused-ring (bicyclic) bond motifs is 1. The molecule has 186 valence electrons. The lowest BCUT2D eigenvalue weighted by Crippen LogP contribution is -2.50. The zero-order valence-electron chi connectivity index (χ0n) is 20.6. The van der Waals surface area contributed by atoms with Crippen LogP contribution in [-0.2, 0) is 14.9 Å². The first-order valence-electron chi connectivity index (χ1n) is 11.6. The molecule has 0 saturated heterocycles. The summed E-state index contributed by atoms with van der Waals surface area (Å²) in [6.07, 6.45) is -0.843. The molecular formula is C28H28N2O6. The predicted molar refractivity (Wildman–Crippen MR) is 135 cm³/mol. The van der Waals surface area contributed by atoms with Crippen LogP contribution in [0.25, 0.3) is 0 Å². The van der Waals surface area contributed by atoms with E-state index >= 15 is 0 Å². The van der Waals surface area contributed by atoms with Crippen LogP contribution in [0.5, 0.6) is 5.75 Å². The average Bonchev–Trinajstić information content (AvgIpc) is 3.10. The molecule has 8 nitrogen and oxygen atoms in total. The smallest absolute Gasteiger partial charge is 0.421 e. The van der Waals surface area contributed by atoms with Crippen molar-refractivity contribution in [1.82, 2.24) is 0 Å². The summed E-state index contributed by atoms with van der Waals surface area (Å²) in [5.74, 6) is -1.08. The van der Waals surface area contributed by atoms with Gasteiger partial charge in [-0.1, -0.05) is 60.7 Å². The molecule has 1 aliphatic heterocycles. The summed E-state index contributed by atoms with van der Waals surface area (Å²) >= 11 is 0. The zero-order valence-corrected chi connectivity index (χ0v) is 20.6. The molecule has 0 fully saturated rings. The standard InChI is InChI=1S/C28H28N2O6/c1-27(2,3)36-26(32)30-24-16-15-21(35-4)17-22(24)28(25(30)31,20-13-9-6-10-14-20)23(18-29(33)34)19-11-7-5-8-12-19/h5-17,23H,18H2,1-4H3/t23-,28-/m0/s1. The van der Waals surface area contributed by atoms with E-state index in [0.717, 1.165) is 4.90 Å². The number of anilines is 1. The molecule has 0 bridgehead atoms. The molecule has 8 heteroatoms. The van der Waals surface area contributed by atoms with Crippen molar-refractivity contribution in [2.75, 3.05) is 18.6 Å². The number of methoxy groups -OCH3 is 1. The molecule has 2 amide bonds. The highest BCUT2D eigenvalue weighted by Gasteiger charge is 2.60. The van der Waals surface area contributed by atoms with Crippen molar-refractivity contribution < 1.29 is 24.0 Å². The summed E-state index contributed by atoms with van der Waals surface area (Å²) in [4.78, 5) is 40.6. The fourth-order valence-corrected chi connectivity index (χ4v) is 4.89. The second-order valence-electron chi connectivity index (χ2n) is 9.66. The van der Waals surface area contributed by atoms with Gasteiger partial charge >= 0.3 is 6.09 Å². The molecule has 0 aromatic heterocycles. The minimum atomic E-state index is -1.59. The summed E-state index contributed by atoms with van der Waals surface area (Å²) in [6, 6.07) is 22.7. The number of nitro groups is 1. The fraction of sp³-hybridized carbons (Fsp3) is 0.286. The van der Waals surface area contributed by atoms with Gasteiger partial charge < -0.3 is 9.47 Å². The van der Waals surface area contributed by atoms with Crippen molar-refractivity contribution in [2.24, 2.45) is 0 Å². The highest BCUT2D eigenvalue weighted by Crippen LogP contribution is 2.55. The second-order valence-corrected chi connectivity index (χ2v) is 9.66. The van der Waals surface area contributed by atoms with Crippen molar-refractivity contribution in [1.29, 1.82) is 0 Å². The van der Waals surface area contributed by atoms with Crippen LogP contribution < -0.4 is 9.64 Å². The topological polar surface area (TPSA) is 99.0 Å². The van der Waals surface area contributed by atoms with Gasteiger partial charge in [-0.2, -0.15) is 0 Å². The minimum absolute atomic E-state index is 0.309. The first kappa shape index (κ1) is 24.9. The Morgan fingerprint density at radius 3 is 2.19 bits per heavy atom. The van der Waals surface area contributed by atoms with E-state index in [9.17, 15) is 19.7 Å². The maximum Gasteiger partial charge on any atom is 0.421 e. The number of nitrogens with zero attached hydrogens (tertiary/aromatic N) is 2. The molecule has 3 aromatic carbocycles. The van der Waals surface area contributed by atoms with Gasteiger partial charge in [-0.15, -0.1) is 0 Å². The van der Waals surface area contributed by atoms with Crippen molar-refractivity contribution in [3.8, 4) is 5.75 Å². The molecule has 0 unspecified atom stereocenters. The normalized spacial score (nSPS) is 17.9. The van der Waals surface area contributed by atoms with Crippen molar-refractivity contribution in [3.05, 3.63) is 106 Å². The summed E-state index contributed by atoms with van der Waals surface area (Å²) in [5.41, 5.74) is -0.557. The molecule has 0 N–H and O–H groups in total. The second kappa shape index (κ2) is 9.45. The van der Waals surface area contributed by atoms with Gasteiger partial charge in [0.15, 0.2) is 0 Å². The van der Waals surface area contributed by atoms with Crippen LogP contribution in [0.4, 0.5) is 10.5 Å². The van der Waals surface area contributed by atoms with Crippen LogP contribution in [0.15, 0.2) is 78.9 Å². The van der Waals surface area contributed by atoms with E-state index in [2.05, 4.69) is 0 Å². The number of carbonyl (C=O) groups is 2. The number of benzene rings is 3. The van der Waals surface area contributed by atoms with Crippen LogP contribution in [0, 0.1) is 10.1 Å². The maximum absolute atomic E-state index is 14.6. The van der Waals surface area contributed by atoms with E-state index in [1.54, 1.807) is 93.6 Å². The Morgan fingerprint density at radius 1 is 1.03 bits per heavy atom. The van der Waals surface area contributed by atoms with E-state index in [4.69, 9.17) is 9.47 Å². The van der Waals surface area contributed by atoms with Gasteiger partial charge in [0.2, 0.25) is 6.54 Å². The Balaban J connectivity index is 2.08. The molecule has 0 aliphatic carbocycles. The number of hydrogen-bond acceptors (Lipinski definition) is 6. The van der Waals surface area contributed by atoms with E-state index in [0.29, 0.717) is 28.1 Å². The van der Waals surface area contributed by atoms with Crippen LogP contribution in [-0.4, -0.2) is 36.2 Å². The number of carbonyl (C=O) groups excluding carboxylic acids is 2. The van der Waals surface area contributed by atoms with Gasteiger partial charge in [0.25, 0.3) is 5.91 Å². The maximum atomic E-state index is 14.6. The third kappa shape index (κ3) is 4.30. The summed E-state index contributed by atoms with van der Waals surface area (Å²) in [6.45, 7) is 4.60. The van der Waals surface area contributed by atoms with E-state index < -0.39 is 40.4 Å². The van der Waals surface area contributed by atoms with E-state index in [-0.39, 0.29) is 0 Å². The van der Waals surface area contributed by atoms with Gasteiger partial charge in [-0.05, 0) is 50.1 Å². The van der Waals surface area contributed by atoms with Crippen molar-refractivity contribution in [3.63, 3.8) is 0 Å². The Bertz CT molecular complexity index is 1290. The number of rotatable bonds is 6. The number of amides is 2. The van der Waals surface area contributed by atoms with Gasteiger partial charge in [-0.25, -0.2) is 9.69 Å². The van der Waals surface area contributed by atoms with Gasteiger partial charge in [0.05, 0.1) is 18.7 Å². The SMILES string of the molecule is COc1ccc2c(c1)[C@@](c1ccccc1)([C@@H](C[N+](=O)[O-])c1ccccc1)C(=O)N2C(=O)OC(C)(C)C. The zero-order chi connectivity index (χ0) is 26.1. The largest absolute Gasteiger partial charge is 0.497 e. The van der Waals surface area contributed by atoms with E-state index in [1.165, 1.54) is 7.11 Å². The van der Waals surface area contributed by atoms with Crippen molar-refractivity contribution in [2.45, 2.75) is 37.7 Å². The van der Waals surface area contributed by atoms with Crippen LogP contribution in [0.3, 0.4) is 0 Å². The lowest BCUT2D eigenvalue weighted by molar-refractivity contribution is -0.484. The molecule has 0 spiro atoms.